The molecule has 0 aliphatic rings. The molecule has 0 saturated carbocycles. The minimum atomic E-state index is -3.55. The molecule has 0 aliphatic carbocycles. The highest BCUT2D eigenvalue weighted by Crippen LogP contribution is 2.24. The Morgan fingerprint density at radius 2 is 2.05 bits per heavy atom. The number of rotatable bonds is 6. The molecule has 0 unspecified atom stereocenters. The summed E-state index contributed by atoms with van der Waals surface area (Å²) >= 11 is 10.6. The second-order valence-electron chi connectivity index (χ2n) is 4.32. The summed E-state index contributed by atoms with van der Waals surface area (Å²) in [4.78, 5) is 1.25. The zero-order valence-electron chi connectivity index (χ0n) is 11.0. The molecule has 1 aromatic heterocycles. The Bertz CT molecular complexity index is 732. The number of hydrogen-bond acceptors (Lipinski definition) is 4. The molecule has 0 aliphatic heterocycles. The maximum Gasteiger partial charge on any atom is 0.241 e. The van der Waals surface area contributed by atoms with Crippen LogP contribution < -0.4 is 10.5 Å². The summed E-state index contributed by atoms with van der Waals surface area (Å²) in [5, 5.41) is 0. The Balaban J connectivity index is 2.04. The van der Waals surface area contributed by atoms with Gasteiger partial charge in [0, 0.05) is 22.4 Å². The van der Waals surface area contributed by atoms with E-state index in [4.69, 9.17) is 17.3 Å². The molecule has 21 heavy (non-hydrogen) atoms. The third-order valence-corrected chi connectivity index (χ3v) is 6.54. The summed E-state index contributed by atoms with van der Waals surface area (Å²) in [6, 6.07) is 8.67. The van der Waals surface area contributed by atoms with Gasteiger partial charge in [0.2, 0.25) is 10.0 Å². The minimum absolute atomic E-state index is 0.212. The molecular formula is C13H14BrClN2O2S2. The van der Waals surface area contributed by atoms with Crippen molar-refractivity contribution in [1.82, 2.24) is 4.72 Å². The lowest BCUT2D eigenvalue weighted by Crippen LogP contribution is -2.26. The van der Waals surface area contributed by atoms with E-state index in [1.807, 2.05) is 6.07 Å². The second kappa shape index (κ2) is 7.21. The van der Waals surface area contributed by atoms with Crippen LogP contribution in [-0.2, 0) is 23.0 Å². The standard InChI is InChI=1S/C13H14BrClN2O2S2/c14-11-7-9(8-16)1-3-12(11)21(18,19)17-6-5-10-2-4-13(15)20-10/h1-4,7,17H,5-6,8,16H2. The van der Waals surface area contributed by atoms with E-state index in [2.05, 4.69) is 20.7 Å². The topological polar surface area (TPSA) is 72.2 Å². The van der Waals surface area contributed by atoms with Gasteiger partial charge in [-0.05, 0) is 52.2 Å². The quantitative estimate of drug-likeness (QED) is 0.770. The Morgan fingerprint density at radius 3 is 2.62 bits per heavy atom. The number of halogens is 2. The van der Waals surface area contributed by atoms with E-state index in [9.17, 15) is 8.42 Å². The summed E-state index contributed by atoms with van der Waals surface area (Å²) in [5.74, 6) is 0. The van der Waals surface area contributed by atoms with E-state index in [0.29, 0.717) is 28.3 Å². The number of nitrogens with one attached hydrogen (secondary N) is 1. The number of benzene rings is 1. The van der Waals surface area contributed by atoms with Crippen molar-refractivity contribution in [2.75, 3.05) is 6.54 Å². The van der Waals surface area contributed by atoms with Crippen molar-refractivity contribution < 1.29 is 8.42 Å². The molecule has 8 heteroatoms. The first-order chi connectivity index (χ1) is 9.92. The molecule has 0 radical (unpaired) electrons. The van der Waals surface area contributed by atoms with E-state index in [-0.39, 0.29) is 4.90 Å². The average Bonchev–Trinajstić information content (AvgIpc) is 2.83. The Morgan fingerprint density at radius 1 is 1.29 bits per heavy atom. The van der Waals surface area contributed by atoms with E-state index in [0.717, 1.165) is 10.4 Å². The summed E-state index contributed by atoms with van der Waals surface area (Å²) in [6.45, 7) is 0.690. The lowest BCUT2D eigenvalue weighted by atomic mass is 10.2. The van der Waals surface area contributed by atoms with Gasteiger partial charge in [0.15, 0.2) is 0 Å². The number of nitrogens with two attached hydrogens (primary N) is 1. The highest BCUT2D eigenvalue weighted by atomic mass is 79.9. The first kappa shape index (κ1) is 16.9. The fourth-order valence-electron chi connectivity index (χ4n) is 1.76. The summed E-state index contributed by atoms with van der Waals surface area (Å²) in [6.07, 6.45) is 0.606. The predicted octanol–water partition coefficient (Wildman–Crippen LogP) is 3.14. The van der Waals surface area contributed by atoms with Crippen LogP contribution in [0, 0.1) is 0 Å². The Hall–Kier alpha value is -0.440. The van der Waals surface area contributed by atoms with Gasteiger partial charge in [0.1, 0.15) is 0 Å². The van der Waals surface area contributed by atoms with Crippen molar-refractivity contribution in [1.29, 1.82) is 0 Å². The van der Waals surface area contributed by atoms with E-state index in [1.54, 1.807) is 24.3 Å². The van der Waals surface area contributed by atoms with Crippen molar-refractivity contribution >= 4 is 48.9 Å². The number of hydrogen-bond donors (Lipinski definition) is 2. The Labute approximate surface area is 141 Å². The molecule has 2 aromatic rings. The van der Waals surface area contributed by atoms with Crippen LogP contribution in [0.4, 0.5) is 0 Å². The smallest absolute Gasteiger partial charge is 0.241 e. The van der Waals surface area contributed by atoms with Crippen molar-refractivity contribution in [3.63, 3.8) is 0 Å². The molecule has 4 nitrogen and oxygen atoms in total. The maximum atomic E-state index is 12.3. The lowest BCUT2D eigenvalue weighted by molar-refractivity contribution is 0.581. The third-order valence-electron chi connectivity index (χ3n) is 2.81. The number of thiophene rings is 1. The van der Waals surface area contributed by atoms with Crippen molar-refractivity contribution in [2.24, 2.45) is 5.73 Å². The minimum Gasteiger partial charge on any atom is -0.326 e. The molecule has 0 fully saturated rings. The van der Waals surface area contributed by atoms with Crippen LogP contribution in [0.3, 0.4) is 0 Å². The summed E-state index contributed by atoms with van der Waals surface area (Å²) < 4.78 is 28.3. The predicted molar refractivity (Wildman–Crippen MR) is 90.3 cm³/mol. The Kier molecular flexibility index (Phi) is 5.81. The average molecular weight is 410 g/mol. The van der Waals surface area contributed by atoms with Crippen LogP contribution >= 0.6 is 38.9 Å². The van der Waals surface area contributed by atoms with Gasteiger partial charge < -0.3 is 5.73 Å². The molecule has 0 amide bonds. The molecule has 0 spiro atoms. The molecule has 1 aromatic carbocycles. The molecule has 114 valence electrons. The van der Waals surface area contributed by atoms with Gasteiger partial charge in [-0.25, -0.2) is 13.1 Å². The van der Waals surface area contributed by atoms with Crippen LogP contribution in [0.2, 0.25) is 4.34 Å². The lowest BCUT2D eigenvalue weighted by Gasteiger charge is -2.09. The highest BCUT2D eigenvalue weighted by molar-refractivity contribution is 9.10. The van der Waals surface area contributed by atoms with E-state index >= 15 is 0 Å². The van der Waals surface area contributed by atoms with Crippen LogP contribution in [0.1, 0.15) is 10.4 Å². The molecule has 0 saturated heterocycles. The fraction of sp³-hybridized carbons (Fsp3) is 0.231. The second-order valence-corrected chi connectivity index (χ2v) is 8.71. The van der Waals surface area contributed by atoms with Gasteiger partial charge in [0.25, 0.3) is 0 Å². The third kappa shape index (κ3) is 4.51. The monoisotopic (exact) mass is 408 g/mol. The zero-order valence-corrected chi connectivity index (χ0v) is 14.9. The van der Waals surface area contributed by atoms with E-state index in [1.165, 1.54) is 11.3 Å². The fourth-order valence-corrected chi connectivity index (χ4v) is 5.00. The molecular weight excluding hydrogens is 396 g/mol. The van der Waals surface area contributed by atoms with E-state index < -0.39 is 10.0 Å². The van der Waals surface area contributed by atoms with Gasteiger partial charge in [0.05, 0.1) is 9.23 Å². The zero-order chi connectivity index (χ0) is 15.5. The van der Waals surface area contributed by atoms with Gasteiger partial charge >= 0.3 is 0 Å². The first-order valence-corrected chi connectivity index (χ1v) is 9.62. The van der Waals surface area contributed by atoms with Gasteiger partial charge in [-0.2, -0.15) is 0 Å². The van der Waals surface area contributed by atoms with Crippen molar-refractivity contribution in [3.8, 4) is 0 Å². The first-order valence-electron chi connectivity index (χ1n) is 6.15. The molecule has 0 bridgehead atoms. The number of sulfonamides is 1. The van der Waals surface area contributed by atoms with Crippen molar-refractivity contribution in [3.05, 3.63) is 49.6 Å². The highest BCUT2D eigenvalue weighted by Gasteiger charge is 2.17. The maximum absolute atomic E-state index is 12.3. The molecule has 1 heterocycles. The van der Waals surface area contributed by atoms with Crippen LogP contribution in [0.25, 0.3) is 0 Å². The van der Waals surface area contributed by atoms with Gasteiger partial charge in [-0.15, -0.1) is 11.3 Å². The normalized spacial score (nSPS) is 11.8. The summed E-state index contributed by atoms with van der Waals surface area (Å²) in [5.41, 5.74) is 6.40. The summed E-state index contributed by atoms with van der Waals surface area (Å²) in [7, 11) is -3.55. The van der Waals surface area contributed by atoms with Crippen LogP contribution in [0.15, 0.2) is 39.7 Å². The SMILES string of the molecule is NCc1ccc(S(=O)(=O)NCCc2ccc(Cl)s2)c(Br)c1. The molecule has 3 N–H and O–H groups in total. The van der Waals surface area contributed by atoms with Gasteiger partial charge in [-0.1, -0.05) is 17.7 Å². The largest absolute Gasteiger partial charge is 0.326 e. The van der Waals surface area contributed by atoms with Gasteiger partial charge in [-0.3, -0.25) is 0 Å². The van der Waals surface area contributed by atoms with Crippen LogP contribution in [0.5, 0.6) is 0 Å². The molecule has 0 atom stereocenters. The van der Waals surface area contributed by atoms with Crippen LogP contribution in [-0.4, -0.2) is 15.0 Å². The molecule has 2 rings (SSSR count). The van der Waals surface area contributed by atoms with Crippen molar-refractivity contribution in [2.45, 2.75) is 17.9 Å².